The molecule has 25 heavy (non-hydrogen) atoms. The van der Waals surface area contributed by atoms with Crippen LogP contribution in [-0.4, -0.2) is 29.5 Å². The number of hydrogen-bond acceptors (Lipinski definition) is 3. The van der Waals surface area contributed by atoms with E-state index in [-0.39, 0.29) is 12.4 Å². The summed E-state index contributed by atoms with van der Waals surface area (Å²) in [5.41, 5.74) is 2.55. The Balaban J connectivity index is 1.31. The SMILES string of the molecule is I[C@H]1C[C@@H](COCc2ccccc2)O[C@H]1OCCCc1ccccc1. The molecule has 1 saturated heterocycles. The summed E-state index contributed by atoms with van der Waals surface area (Å²) in [6.45, 7) is 1.99. The normalized spacial score (nSPS) is 23.0. The monoisotopic (exact) mass is 452 g/mol. The Kier molecular flexibility index (Phi) is 7.73. The summed E-state index contributed by atoms with van der Waals surface area (Å²) >= 11 is 2.43. The van der Waals surface area contributed by atoms with E-state index < -0.39 is 0 Å². The van der Waals surface area contributed by atoms with Gasteiger partial charge in [-0.2, -0.15) is 0 Å². The van der Waals surface area contributed by atoms with Crippen molar-refractivity contribution in [2.45, 2.75) is 42.2 Å². The number of rotatable bonds is 9. The zero-order chi connectivity index (χ0) is 17.3. The average molecular weight is 452 g/mol. The molecule has 0 radical (unpaired) electrons. The fraction of sp³-hybridized carbons (Fsp3) is 0.429. The Morgan fingerprint density at radius 1 is 0.960 bits per heavy atom. The Morgan fingerprint density at radius 3 is 2.36 bits per heavy atom. The van der Waals surface area contributed by atoms with Crippen LogP contribution in [0.2, 0.25) is 0 Å². The molecule has 0 bridgehead atoms. The Labute approximate surface area is 163 Å². The maximum atomic E-state index is 6.01. The fourth-order valence-corrected chi connectivity index (χ4v) is 3.89. The van der Waals surface area contributed by atoms with Crippen LogP contribution in [0.5, 0.6) is 0 Å². The van der Waals surface area contributed by atoms with Gasteiger partial charge in [0.05, 0.1) is 29.8 Å². The van der Waals surface area contributed by atoms with Crippen molar-refractivity contribution in [3.63, 3.8) is 0 Å². The fourth-order valence-electron chi connectivity index (χ4n) is 2.95. The van der Waals surface area contributed by atoms with Crippen molar-refractivity contribution in [1.82, 2.24) is 0 Å². The molecule has 1 aliphatic rings. The number of benzene rings is 2. The molecule has 1 heterocycles. The van der Waals surface area contributed by atoms with Crippen LogP contribution in [0.15, 0.2) is 60.7 Å². The summed E-state index contributed by atoms with van der Waals surface area (Å²) in [6.07, 6.45) is 3.07. The van der Waals surface area contributed by atoms with E-state index >= 15 is 0 Å². The number of hydrogen-bond donors (Lipinski definition) is 0. The molecule has 4 heteroatoms. The quantitative estimate of drug-likeness (QED) is 0.312. The van der Waals surface area contributed by atoms with Gasteiger partial charge in [0, 0.05) is 0 Å². The molecule has 0 unspecified atom stereocenters. The second kappa shape index (κ2) is 10.3. The molecule has 3 nitrogen and oxygen atoms in total. The van der Waals surface area contributed by atoms with E-state index in [1.54, 1.807) is 0 Å². The summed E-state index contributed by atoms with van der Waals surface area (Å²) in [5, 5.41) is 0. The lowest BCUT2D eigenvalue weighted by Gasteiger charge is -2.16. The standard InChI is InChI=1S/C21H25IO3/c22-20-14-19(16-23-15-18-10-5-2-6-11-18)25-21(20)24-13-7-12-17-8-3-1-4-9-17/h1-6,8-11,19-21H,7,12-16H2/t19-,20-,21+/m0/s1. The lowest BCUT2D eigenvalue weighted by atomic mass is 10.1. The first-order chi connectivity index (χ1) is 12.3. The predicted molar refractivity (Wildman–Crippen MR) is 108 cm³/mol. The second-order valence-corrected chi connectivity index (χ2v) is 7.94. The minimum atomic E-state index is -0.110. The highest BCUT2D eigenvalue weighted by molar-refractivity contribution is 14.1. The van der Waals surface area contributed by atoms with Gasteiger partial charge in [-0.3, -0.25) is 0 Å². The molecule has 0 spiro atoms. The maximum Gasteiger partial charge on any atom is 0.169 e. The Hall–Kier alpha value is -0.950. The summed E-state index contributed by atoms with van der Waals surface area (Å²) in [5.74, 6) is 0. The molecule has 0 saturated carbocycles. The molecule has 1 fully saturated rings. The molecule has 2 aromatic carbocycles. The predicted octanol–water partition coefficient (Wildman–Crippen LogP) is 4.77. The van der Waals surface area contributed by atoms with E-state index in [2.05, 4.69) is 59.0 Å². The third-order valence-electron chi connectivity index (χ3n) is 4.26. The van der Waals surface area contributed by atoms with Crippen LogP contribution in [0.4, 0.5) is 0 Å². The van der Waals surface area contributed by atoms with Gasteiger partial charge in [-0.25, -0.2) is 0 Å². The summed E-state index contributed by atoms with van der Waals surface area (Å²) in [6, 6.07) is 20.8. The van der Waals surface area contributed by atoms with Gasteiger partial charge in [-0.1, -0.05) is 83.3 Å². The maximum absolute atomic E-state index is 6.01. The van der Waals surface area contributed by atoms with Gasteiger partial charge < -0.3 is 14.2 Å². The van der Waals surface area contributed by atoms with Gasteiger partial charge in [0.1, 0.15) is 0 Å². The molecular weight excluding hydrogens is 427 g/mol. The van der Waals surface area contributed by atoms with E-state index in [1.807, 2.05) is 24.3 Å². The molecule has 3 rings (SSSR count). The zero-order valence-electron chi connectivity index (χ0n) is 14.4. The Bertz CT molecular complexity index is 605. The minimum absolute atomic E-state index is 0.110. The lowest BCUT2D eigenvalue weighted by molar-refractivity contribution is -0.142. The van der Waals surface area contributed by atoms with E-state index in [4.69, 9.17) is 14.2 Å². The Morgan fingerprint density at radius 2 is 1.64 bits per heavy atom. The first kappa shape index (κ1) is 18.8. The van der Waals surface area contributed by atoms with Crippen LogP contribution in [0.25, 0.3) is 0 Å². The second-order valence-electron chi connectivity index (χ2n) is 6.34. The van der Waals surface area contributed by atoms with Gasteiger partial charge in [0.15, 0.2) is 6.29 Å². The molecule has 3 atom stereocenters. The smallest absolute Gasteiger partial charge is 0.169 e. The van der Waals surface area contributed by atoms with E-state index in [9.17, 15) is 0 Å². The highest BCUT2D eigenvalue weighted by Gasteiger charge is 2.34. The molecule has 2 aromatic rings. The molecule has 1 aliphatic heterocycles. The van der Waals surface area contributed by atoms with Crippen LogP contribution >= 0.6 is 22.6 Å². The van der Waals surface area contributed by atoms with Crippen LogP contribution in [0.1, 0.15) is 24.0 Å². The summed E-state index contributed by atoms with van der Waals surface area (Å²) < 4.78 is 18.1. The van der Waals surface area contributed by atoms with Crippen molar-refractivity contribution in [3.05, 3.63) is 71.8 Å². The number of ether oxygens (including phenoxy) is 3. The van der Waals surface area contributed by atoms with Crippen molar-refractivity contribution in [1.29, 1.82) is 0 Å². The highest BCUT2D eigenvalue weighted by atomic mass is 127. The summed E-state index contributed by atoms with van der Waals surface area (Å²) in [7, 11) is 0. The first-order valence-corrected chi connectivity index (χ1v) is 10.1. The van der Waals surface area contributed by atoms with Crippen molar-refractivity contribution in [3.8, 4) is 0 Å². The van der Waals surface area contributed by atoms with E-state index in [0.717, 1.165) is 25.9 Å². The van der Waals surface area contributed by atoms with Crippen LogP contribution in [0.3, 0.4) is 0 Å². The van der Waals surface area contributed by atoms with Crippen LogP contribution < -0.4 is 0 Å². The number of alkyl halides is 1. The topological polar surface area (TPSA) is 27.7 Å². The van der Waals surface area contributed by atoms with Crippen molar-refractivity contribution in [2.24, 2.45) is 0 Å². The van der Waals surface area contributed by atoms with Crippen LogP contribution in [-0.2, 0) is 27.2 Å². The van der Waals surface area contributed by atoms with E-state index in [0.29, 0.717) is 17.1 Å². The third-order valence-corrected chi connectivity index (χ3v) is 5.36. The summed E-state index contributed by atoms with van der Waals surface area (Å²) in [4.78, 5) is 0. The van der Waals surface area contributed by atoms with Gasteiger partial charge in [0.2, 0.25) is 0 Å². The third kappa shape index (κ3) is 6.37. The molecule has 0 N–H and O–H groups in total. The zero-order valence-corrected chi connectivity index (χ0v) is 16.5. The first-order valence-electron chi connectivity index (χ1n) is 8.88. The average Bonchev–Trinajstić information content (AvgIpc) is 3.00. The lowest BCUT2D eigenvalue weighted by Crippen LogP contribution is -2.22. The van der Waals surface area contributed by atoms with Gasteiger partial charge >= 0.3 is 0 Å². The largest absolute Gasteiger partial charge is 0.374 e. The highest BCUT2D eigenvalue weighted by Crippen LogP contribution is 2.28. The number of halogens is 1. The van der Waals surface area contributed by atoms with Crippen molar-refractivity contribution < 1.29 is 14.2 Å². The van der Waals surface area contributed by atoms with Crippen molar-refractivity contribution >= 4 is 22.6 Å². The number of aryl methyl sites for hydroxylation is 1. The van der Waals surface area contributed by atoms with Crippen LogP contribution in [0, 0.1) is 0 Å². The van der Waals surface area contributed by atoms with Gasteiger partial charge in [-0.05, 0) is 30.4 Å². The molecular formula is C21H25IO3. The van der Waals surface area contributed by atoms with E-state index in [1.165, 1.54) is 11.1 Å². The minimum Gasteiger partial charge on any atom is -0.374 e. The van der Waals surface area contributed by atoms with Gasteiger partial charge in [0.25, 0.3) is 0 Å². The molecule has 134 valence electrons. The molecule has 0 aliphatic carbocycles. The molecule has 0 aromatic heterocycles. The van der Waals surface area contributed by atoms with Crippen molar-refractivity contribution in [2.75, 3.05) is 13.2 Å². The van der Waals surface area contributed by atoms with Gasteiger partial charge in [-0.15, -0.1) is 0 Å². The molecule has 0 amide bonds.